The third-order valence-electron chi connectivity index (χ3n) is 5.57. The molecule has 0 radical (unpaired) electrons. The minimum atomic E-state index is -0.249. The van der Waals surface area contributed by atoms with Gasteiger partial charge >= 0.3 is 0 Å². The van der Waals surface area contributed by atoms with Gasteiger partial charge in [0.05, 0.1) is 15.7 Å². The smallest absolute Gasteiger partial charge is 0.276 e. The highest BCUT2D eigenvalue weighted by molar-refractivity contribution is 14.1. The third-order valence-corrected chi connectivity index (χ3v) is 6.68. The number of amides is 1. The Morgan fingerprint density at radius 3 is 2.81 bits per heavy atom. The molecule has 0 saturated carbocycles. The maximum absolute atomic E-state index is 13.3. The molecule has 3 aliphatic heterocycles. The van der Waals surface area contributed by atoms with Gasteiger partial charge in [-0.3, -0.25) is 9.59 Å². The van der Waals surface area contributed by atoms with Crippen molar-refractivity contribution >= 4 is 28.5 Å². The first kappa shape index (κ1) is 17.2. The van der Waals surface area contributed by atoms with Crippen LogP contribution in [0.2, 0.25) is 0 Å². The second-order valence-corrected chi connectivity index (χ2v) is 8.39. The monoisotopic (exact) mass is 478 g/mol. The van der Waals surface area contributed by atoms with Gasteiger partial charge in [0.1, 0.15) is 6.61 Å². The standard InChI is InChI=1S/C20H19IN2O4/c1-11-9-22-19(25)16-18(26-10-12-5-3-2-4-6-12)17(24)15(21)13-7-8-14(23(13)16)20(22)27-11/h2-6,11,14,20H,7-10H2,1H3/t11-,14?,20?/m0/s1. The van der Waals surface area contributed by atoms with Crippen LogP contribution >= 0.6 is 22.6 Å². The van der Waals surface area contributed by atoms with Gasteiger partial charge in [0.15, 0.2) is 17.7 Å². The van der Waals surface area contributed by atoms with Gasteiger partial charge < -0.3 is 18.9 Å². The molecule has 6 nitrogen and oxygen atoms in total. The van der Waals surface area contributed by atoms with Gasteiger partial charge in [-0.05, 0) is 47.9 Å². The molecule has 1 saturated heterocycles. The van der Waals surface area contributed by atoms with Crippen LogP contribution < -0.4 is 10.2 Å². The Balaban J connectivity index is 1.63. The summed E-state index contributed by atoms with van der Waals surface area (Å²) in [7, 11) is 0. The van der Waals surface area contributed by atoms with Crippen LogP contribution in [-0.4, -0.2) is 34.3 Å². The van der Waals surface area contributed by atoms with E-state index in [-0.39, 0.29) is 42.1 Å². The van der Waals surface area contributed by atoms with Crippen molar-refractivity contribution in [2.45, 2.75) is 44.7 Å². The zero-order chi connectivity index (χ0) is 18.7. The van der Waals surface area contributed by atoms with Crippen LogP contribution in [0.25, 0.3) is 0 Å². The molecule has 2 unspecified atom stereocenters. The number of fused-ring (bicyclic) bond motifs is 2. The molecule has 2 aromatic rings. The number of hydrogen-bond acceptors (Lipinski definition) is 4. The molecule has 4 heterocycles. The maximum Gasteiger partial charge on any atom is 0.276 e. The van der Waals surface area contributed by atoms with Crippen LogP contribution in [0, 0.1) is 3.57 Å². The lowest BCUT2D eigenvalue weighted by molar-refractivity contribution is -0.0310. The molecule has 0 spiro atoms. The Hall–Kier alpha value is -1.87. The van der Waals surface area contributed by atoms with Gasteiger partial charge in [-0.25, -0.2) is 0 Å². The van der Waals surface area contributed by atoms with E-state index in [0.29, 0.717) is 15.8 Å². The molecule has 1 fully saturated rings. The van der Waals surface area contributed by atoms with E-state index < -0.39 is 0 Å². The molecule has 27 heavy (non-hydrogen) atoms. The van der Waals surface area contributed by atoms with Crippen molar-refractivity contribution in [2.24, 2.45) is 0 Å². The van der Waals surface area contributed by atoms with Crippen molar-refractivity contribution in [3.63, 3.8) is 0 Å². The number of carbonyl (C=O) groups excluding carboxylic acids is 1. The van der Waals surface area contributed by atoms with Gasteiger partial charge in [-0.15, -0.1) is 0 Å². The highest BCUT2D eigenvalue weighted by Crippen LogP contribution is 2.43. The van der Waals surface area contributed by atoms with Gasteiger partial charge in [0.2, 0.25) is 5.43 Å². The van der Waals surface area contributed by atoms with Crippen molar-refractivity contribution in [1.29, 1.82) is 0 Å². The molecular formula is C20H19IN2O4. The van der Waals surface area contributed by atoms with E-state index in [0.717, 1.165) is 24.1 Å². The van der Waals surface area contributed by atoms with Crippen molar-refractivity contribution in [1.82, 2.24) is 9.47 Å². The third kappa shape index (κ3) is 2.55. The minimum absolute atomic E-state index is 0.00241. The number of pyridine rings is 1. The average molecular weight is 478 g/mol. The number of ether oxygens (including phenoxy) is 2. The molecule has 3 atom stereocenters. The quantitative estimate of drug-likeness (QED) is 0.637. The van der Waals surface area contributed by atoms with Crippen molar-refractivity contribution < 1.29 is 14.3 Å². The summed E-state index contributed by atoms with van der Waals surface area (Å²) in [5.74, 6) is 0.00205. The van der Waals surface area contributed by atoms with Crippen LogP contribution in [0.1, 0.15) is 41.1 Å². The fourth-order valence-electron chi connectivity index (χ4n) is 4.40. The lowest BCUT2D eigenvalue weighted by Gasteiger charge is -2.36. The first-order valence-electron chi connectivity index (χ1n) is 9.16. The number of hydrogen-bond donors (Lipinski definition) is 0. The van der Waals surface area contributed by atoms with Crippen LogP contribution in [0.5, 0.6) is 5.75 Å². The molecule has 7 heteroatoms. The van der Waals surface area contributed by atoms with Crippen LogP contribution in [-0.2, 0) is 17.8 Å². The molecule has 140 valence electrons. The molecule has 0 N–H and O–H groups in total. The number of halogens is 1. The molecule has 1 amide bonds. The SMILES string of the molecule is C[C@H]1CN2C(=O)c3c(OCc4ccccc4)c(=O)c(I)c4n3C(CC4)C2O1. The Kier molecular flexibility index (Phi) is 4.05. The molecular weight excluding hydrogens is 459 g/mol. The topological polar surface area (TPSA) is 60.8 Å². The van der Waals surface area contributed by atoms with Gasteiger partial charge in [-0.1, -0.05) is 30.3 Å². The van der Waals surface area contributed by atoms with E-state index in [4.69, 9.17) is 9.47 Å². The van der Waals surface area contributed by atoms with Crippen molar-refractivity contribution in [2.75, 3.05) is 6.54 Å². The van der Waals surface area contributed by atoms with E-state index >= 15 is 0 Å². The van der Waals surface area contributed by atoms with E-state index in [1.54, 1.807) is 4.90 Å². The predicted octanol–water partition coefficient (Wildman–Crippen LogP) is 2.72. The summed E-state index contributed by atoms with van der Waals surface area (Å²) in [4.78, 5) is 28.0. The molecule has 1 aromatic carbocycles. The number of benzene rings is 1. The number of nitrogens with zero attached hydrogens (tertiary/aromatic N) is 2. The predicted molar refractivity (Wildman–Crippen MR) is 107 cm³/mol. The first-order chi connectivity index (χ1) is 13.1. The second-order valence-electron chi connectivity index (χ2n) is 7.31. The lowest BCUT2D eigenvalue weighted by Crippen LogP contribution is -2.48. The Labute approximate surface area is 170 Å². The van der Waals surface area contributed by atoms with E-state index in [9.17, 15) is 9.59 Å². The molecule has 1 aromatic heterocycles. The van der Waals surface area contributed by atoms with Crippen LogP contribution in [0.15, 0.2) is 35.1 Å². The second kappa shape index (κ2) is 6.34. The molecule has 0 bridgehead atoms. The fraction of sp³-hybridized carbons (Fsp3) is 0.400. The fourth-order valence-corrected chi connectivity index (χ4v) is 5.17. The van der Waals surface area contributed by atoms with Gasteiger partial charge in [0, 0.05) is 12.2 Å². The van der Waals surface area contributed by atoms with Crippen molar-refractivity contribution in [3.8, 4) is 5.75 Å². The van der Waals surface area contributed by atoms with E-state index in [1.165, 1.54) is 0 Å². The van der Waals surface area contributed by atoms with Crippen LogP contribution in [0.4, 0.5) is 0 Å². The summed E-state index contributed by atoms with van der Waals surface area (Å²) in [6.07, 6.45) is 1.39. The Morgan fingerprint density at radius 2 is 2.04 bits per heavy atom. The highest BCUT2D eigenvalue weighted by atomic mass is 127. The highest BCUT2D eigenvalue weighted by Gasteiger charge is 2.50. The van der Waals surface area contributed by atoms with Gasteiger partial charge in [-0.2, -0.15) is 0 Å². The van der Waals surface area contributed by atoms with Crippen molar-refractivity contribution in [3.05, 3.63) is 61.1 Å². The number of aromatic nitrogens is 1. The van der Waals surface area contributed by atoms with E-state index in [2.05, 4.69) is 22.6 Å². The summed E-state index contributed by atoms with van der Waals surface area (Å²) in [6.45, 7) is 2.78. The largest absolute Gasteiger partial charge is 0.483 e. The van der Waals surface area contributed by atoms with E-state index in [1.807, 2.05) is 41.8 Å². The Bertz CT molecular complexity index is 988. The Morgan fingerprint density at radius 1 is 1.26 bits per heavy atom. The molecule has 5 rings (SSSR count). The summed E-state index contributed by atoms with van der Waals surface area (Å²) in [5, 5.41) is 0. The van der Waals surface area contributed by atoms with Gasteiger partial charge in [0.25, 0.3) is 5.91 Å². The molecule has 0 aliphatic carbocycles. The maximum atomic E-state index is 13.3. The first-order valence-corrected chi connectivity index (χ1v) is 10.2. The normalized spacial score (nSPS) is 25.5. The molecule has 3 aliphatic rings. The summed E-state index contributed by atoms with van der Waals surface area (Å²) in [6, 6.07) is 9.72. The number of carbonyl (C=O) groups is 1. The summed E-state index contributed by atoms with van der Waals surface area (Å²) in [5.41, 5.74) is 2.10. The minimum Gasteiger partial charge on any atom is -0.483 e. The summed E-state index contributed by atoms with van der Waals surface area (Å²) < 4.78 is 14.7. The average Bonchev–Trinajstić information content (AvgIpc) is 3.27. The van der Waals surface area contributed by atoms with Crippen LogP contribution in [0.3, 0.4) is 0 Å². The summed E-state index contributed by atoms with van der Waals surface area (Å²) >= 11 is 2.09. The lowest BCUT2D eigenvalue weighted by atomic mass is 10.1. The zero-order valence-corrected chi connectivity index (χ0v) is 17.0. The number of rotatable bonds is 3. The zero-order valence-electron chi connectivity index (χ0n) is 14.9.